The van der Waals surface area contributed by atoms with E-state index in [2.05, 4.69) is 5.32 Å². The monoisotopic (exact) mass is 576 g/mol. The number of carbonyl (C=O) groups is 1. The van der Waals surface area contributed by atoms with Crippen LogP contribution in [0.25, 0.3) is 5.57 Å². The molecule has 3 rings (SSSR count). The van der Waals surface area contributed by atoms with Crippen molar-refractivity contribution in [3.8, 4) is 5.75 Å². The maximum absolute atomic E-state index is 14.0. The second-order valence-corrected chi connectivity index (χ2v) is 9.05. The average Bonchev–Trinajstić information content (AvgIpc) is 2.89. The van der Waals surface area contributed by atoms with E-state index < -0.39 is 46.7 Å². The highest BCUT2D eigenvalue weighted by Gasteiger charge is 2.41. The Morgan fingerprint density at radius 3 is 2.27 bits per heavy atom. The lowest BCUT2D eigenvalue weighted by Crippen LogP contribution is -2.42. The van der Waals surface area contributed by atoms with Crippen LogP contribution >= 0.6 is 0 Å². The third kappa shape index (κ3) is 7.72. The minimum atomic E-state index is -5.36. The Bertz CT molecular complexity index is 1220. The number of hydrogen-bond donors (Lipinski definition) is 3. The van der Waals surface area contributed by atoms with Gasteiger partial charge in [-0.25, -0.2) is 9.18 Å². The van der Waals surface area contributed by atoms with Crippen LogP contribution in [0, 0.1) is 11.2 Å². The van der Waals surface area contributed by atoms with E-state index in [1.165, 1.54) is 0 Å². The summed E-state index contributed by atoms with van der Waals surface area (Å²) in [7, 11) is 1.13. The normalized spacial score (nSPS) is 15.6. The zero-order valence-corrected chi connectivity index (χ0v) is 21.2. The molecule has 0 spiro atoms. The molecule has 2 aromatic carbocycles. The zero-order chi connectivity index (χ0) is 29.7. The number of allylic oxidation sites excluding steroid dienone is 1. The van der Waals surface area contributed by atoms with Crippen molar-refractivity contribution in [3.05, 3.63) is 65.1 Å². The van der Waals surface area contributed by atoms with Crippen molar-refractivity contribution in [3.63, 3.8) is 0 Å². The molecule has 14 heteroatoms. The number of alkyl halides is 6. The first-order valence-corrected chi connectivity index (χ1v) is 12.1. The SMILES string of the molecule is CN(C(=O)Oc1c(/C(C=N)=C/NC2CCN(CCO)CC2)cc(C(F)(F)F)cc1C(F)(F)F)c1ccc(F)cc1. The molecule has 1 heterocycles. The first kappa shape index (κ1) is 30.9. The molecule has 2 aromatic rings. The maximum Gasteiger partial charge on any atom is 0.420 e. The summed E-state index contributed by atoms with van der Waals surface area (Å²) in [5, 5.41) is 19.8. The van der Waals surface area contributed by atoms with Gasteiger partial charge in [0, 0.05) is 62.0 Å². The number of carbonyl (C=O) groups excluding carboxylic acids is 1. The van der Waals surface area contributed by atoms with Gasteiger partial charge in [-0.05, 0) is 49.2 Å². The largest absolute Gasteiger partial charge is 0.420 e. The molecule has 40 heavy (non-hydrogen) atoms. The van der Waals surface area contributed by atoms with Crippen molar-refractivity contribution in [2.45, 2.75) is 31.2 Å². The third-order valence-corrected chi connectivity index (χ3v) is 6.34. The molecule has 0 radical (unpaired) electrons. The van der Waals surface area contributed by atoms with E-state index >= 15 is 0 Å². The van der Waals surface area contributed by atoms with Crippen molar-refractivity contribution in [1.82, 2.24) is 10.2 Å². The number of β-amino-alcohol motifs (C(OH)–C–C–N with tert-alkyl or cyclic N) is 1. The Balaban J connectivity index is 2.04. The lowest BCUT2D eigenvalue weighted by atomic mass is 9.97. The summed E-state index contributed by atoms with van der Waals surface area (Å²) in [5.41, 5.74) is -4.62. The second kappa shape index (κ2) is 12.7. The van der Waals surface area contributed by atoms with Crippen LogP contribution in [0.3, 0.4) is 0 Å². The van der Waals surface area contributed by atoms with Crippen molar-refractivity contribution in [2.24, 2.45) is 0 Å². The third-order valence-electron chi connectivity index (χ3n) is 6.34. The van der Waals surface area contributed by atoms with E-state index in [1.54, 1.807) is 0 Å². The smallest absolute Gasteiger partial charge is 0.409 e. The maximum atomic E-state index is 14.0. The molecule has 0 unspecified atom stereocenters. The molecule has 0 aliphatic carbocycles. The van der Waals surface area contributed by atoms with Crippen molar-refractivity contribution in [2.75, 3.05) is 38.2 Å². The standard InChI is InChI=1S/C26H27F7N4O3/c1-36(20-4-2-18(27)3-5-20)24(39)40-23-21(12-17(25(28,29)30)13-22(23)26(31,32)33)16(14-34)15-35-19-6-8-37(9-7-19)10-11-38/h2-5,12-15,19,34-35,38H,6-11H2,1H3/b16-15+,34-14?. The highest BCUT2D eigenvalue weighted by molar-refractivity contribution is 6.10. The number of benzene rings is 2. The van der Waals surface area contributed by atoms with Gasteiger partial charge in [0.05, 0.1) is 17.7 Å². The van der Waals surface area contributed by atoms with Crippen LogP contribution in [0.5, 0.6) is 5.75 Å². The first-order chi connectivity index (χ1) is 18.7. The van der Waals surface area contributed by atoms with E-state index in [4.69, 9.17) is 15.3 Å². The highest BCUT2D eigenvalue weighted by atomic mass is 19.4. The van der Waals surface area contributed by atoms with Crippen LogP contribution in [-0.4, -0.2) is 61.6 Å². The zero-order valence-electron chi connectivity index (χ0n) is 21.2. The number of nitrogens with one attached hydrogen (secondary N) is 2. The number of ether oxygens (including phenoxy) is 1. The number of nitrogens with zero attached hydrogens (tertiary/aromatic N) is 2. The molecular weight excluding hydrogens is 549 g/mol. The summed E-state index contributed by atoms with van der Waals surface area (Å²) in [4.78, 5) is 15.6. The number of anilines is 1. The Kier molecular flexibility index (Phi) is 9.79. The van der Waals surface area contributed by atoms with Crippen molar-refractivity contribution >= 4 is 23.6 Å². The van der Waals surface area contributed by atoms with E-state index in [-0.39, 0.29) is 30.0 Å². The summed E-state index contributed by atoms with van der Waals surface area (Å²) < 4.78 is 101. The Hall–Kier alpha value is -3.65. The minimum Gasteiger partial charge on any atom is -0.409 e. The Morgan fingerprint density at radius 1 is 1.12 bits per heavy atom. The molecule has 218 valence electrons. The van der Waals surface area contributed by atoms with Gasteiger partial charge in [-0.15, -0.1) is 0 Å². The fraction of sp³-hybridized carbons (Fsp3) is 0.385. The second-order valence-electron chi connectivity index (χ2n) is 9.05. The van der Waals surface area contributed by atoms with Crippen LogP contribution in [0.2, 0.25) is 0 Å². The molecule has 1 amide bonds. The van der Waals surface area contributed by atoms with E-state index in [0.717, 1.165) is 42.4 Å². The quantitative estimate of drug-likeness (QED) is 0.284. The van der Waals surface area contributed by atoms with E-state index in [1.807, 2.05) is 4.90 Å². The molecule has 1 aliphatic heterocycles. The van der Waals surface area contributed by atoms with Gasteiger partial charge in [0.15, 0.2) is 5.75 Å². The van der Waals surface area contributed by atoms with Crippen molar-refractivity contribution in [1.29, 1.82) is 5.41 Å². The van der Waals surface area contributed by atoms with E-state index in [0.29, 0.717) is 44.8 Å². The van der Waals surface area contributed by atoms with Gasteiger partial charge in [-0.3, -0.25) is 4.90 Å². The molecular formula is C26H27F7N4O3. The predicted octanol–water partition coefficient (Wildman–Crippen LogP) is 5.54. The van der Waals surface area contributed by atoms with Crippen LogP contribution in [-0.2, 0) is 12.4 Å². The fourth-order valence-corrected chi connectivity index (χ4v) is 4.12. The lowest BCUT2D eigenvalue weighted by Gasteiger charge is -2.31. The van der Waals surface area contributed by atoms with Gasteiger partial charge in [-0.1, -0.05) is 0 Å². The molecule has 1 fully saturated rings. The van der Waals surface area contributed by atoms with Crippen LogP contribution in [0.15, 0.2) is 42.6 Å². The number of amides is 1. The number of aliphatic hydroxyl groups excluding tert-OH is 1. The number of piperidine rings is 1. The highest BCUT2D eigenvalue weighted by Crippen LogP contribution is 2.44. The Labute approximate surface area is 225 Å². The number of hydrogen-bond acceptors (Lipinski definition) is 6. The number of aliphatic hydroxyl groups is 1. The van der Waals surface area contributed by atoms with Crippen LogP contribution in [0.4, 0.5) is 41.2 Å². The van der Waals surface area contributed by atoms with Gasteiger partial charge in [0.25, 0.3) is 0 Å². The molecule has 1 aliphatic rings. The molecule has 0 saturated carbocycles. The lowest BCUT2D eigenvalue weighted by molar-refractivity contribution is -0.143. The number of halogens is 7. The predicted molar refractivity (Wildman–Crippen MR) is 134 cm³/mol. The topological polar surface area (TPSA) is 88.9 Å². The van der Waals surface area contributed by atoms with Gasteiger partial charge < -0.3 is 25.5 Å². The fourth-order valence-electron chi connectivity index (χ4n) is 4.12. The first-order valence-electron chi connectivity index (χ1n) is 12.1. The average molecular weight is 577 g/mol. The molecule has 1 saturated heterocycles. The molecule has 0 aromatic heterocycles. The van der Waals surface area contributed by atoms with E-state index in [9.17, 15) is 35.5 Å². The van der Waals surface area contributed by atoms with Gasteiger partial charge >= 0.3 is 18.4 Å². The van der Waals surface area contributed by atoms with Crippen LogP contribution < -0.4 is 15.0 Å². The molecule has 0 bridgehead atoms. The molecule has 3 N–H and O–H groups in total. The summed E-state index contributed by atoms with van der Waals surface area (Å²) in [5.74, 6) is -1.85. The summed E-state index contributed by atoms with van der Waals surface area (Å²) in [6, 6.07) is 4.35. The number of rotatable bonds is 8. The number of likely N-dealkylation sites (tertiary alicyclic amines) is 1. The van der Waals surface area contributed by atoms with Gasteiger partial charge in [0.1, 0.15) is 5.82 Å². The molecule has 7 nitrogen and oxygen atoms in total. The van der Waals surface area contributed by atoms with Gasteiger partial charge in [0.2, 0.25) is 0 Å². The van der Waals surface area contributed by atoms with Crippen LogP contribution in [0.1, 0.15) is 29.5 Å². The van der Waals surface area contributed by atoms with Gasteiger partial charge in [-0.2, -0.15) is 26.3 Å². The Morgan fingerprint density at radius 2 is 1.75 bits per heavy atom. The minimum absolute atomic E-state index is 0.0229. The summed E-state index contributed by atoms with van der Waals surface area (Å²) in [6.45, 7) is 1.66. The van der Waals surface area contributed by atoms with Crippen molar-refractivity contribution < 1.29 is 45.4 Å². The summed E-state index contributed by atoms with van der Waals surface area (Å²) in [6.07, 6.45) is -9.10. The molecule has 0 atom stereocenters. The summed E-state index contributed by atoms with van der Waals surface area (Å²) >= 11 is 0.